The van der Waals surface area contributed by atoms with Crippen LogP contribution in [-0.2, 0) is 9.59 Å². The van der Waals surface area contributed by atoms with Crippen molar-refractivity contribution in [3.8, 4) is 0 Å². The van der Waals surface area contributed by atoms with E-state index in [0.717, 1.165) is 0 Å². The third kappa shape index (κ3) is 5.52. The normalized spacial score (nSPS) is 18.3. The molecule has 2 amide bonds. The average molecular weight is 343 g/mol. The first kappa shape index (κ1) is 18.8. The lowest BCUT2D eigenvalue weighted by Gasteiger charge is -2.28. The van der Waals surface area contributed by atoms with Gasteiger partial charge in [-0.1, -0.05) is 27.7 Å². The van der Waals surface area contributed by atoms with Gasteiger partial charge in [0.1, 0.15) is 5.78 Å². The molecule has 0 aromatic heterocycles. The lowest BCUT2D eigenvalue weighted by Crippen LogP contribution is -2.31. The molecule has 1 saturated carbocycles. The summed E-state index contributed by atoms with van der Waals surface area (Å²) in [5.74, 6) is -0.381. The van der Waals surface area contributed by atoms with Crippen molar-refractivity contribution in [2.75, 3.05) is 5.32 Å². The topological polar surface area (TPSA) is 87.6 Å². The first-order valence-corrected chi connectivity index (χ1v) is 8.45. The molecule has 0 saturated heterocycles. The second-order valence-corrected chi connectivity index (χ2v) is 7.57. The van der Waals surface area contributed by atoms with Gasteiger partial charge in [0.15, 0.2) is 0 Å². The Labute approximate surface area is 148 Å². The molecule has 25 heavy (non-hydrogen) atoms. The molecule has 0 atom stereocenters. The van der Waals surface area contributed by atoms with E-state index in [0.29, 0.717) is 36.2 Å². The maximum Gasteiger partial charge on any atom is 0.271 e. The summed E-state index contributed by atoms with van der Waals surface area (Å²) in [6.07, 6.45) is 1.53. The summed E-state index contributed by atoms with van der Waals surface area (Å²) in [6, 6.07) is 6.61. The van der Waals surface area contributed by atoms with E-state index in [1.165, 1.54) is 0 Å². The van der Waals surface area contributed by atoms with Gasteiger partial charge in [0, 0.05) is 35.7 Å². The van der Waals surface area contributed by atoms with Crippen molar-refractivity contribution in [2.24, 2.45) is 16.4 Å². The standard InChI is InChI=1S/C19H25N3O3/c1-12(2)17(24)20-14-7-5-13(6-8-14)18(25)22-21-15-9-16(23)11-19(3,4)10-15/h5-8,12H,9-11H2,1-4H3,(H,20,24)(H,22,25). The highest BCUT2D eigenvalue weighted by Gasteiger charge is 2.30. The zero-order valence-electron chi connectivity index (χ0n) is 15.2. The fourth-order valence-electron chi connectivity index (χ4n) is 2.77. The Bertz CT molecular complexity index is 703. The fraction of sp³-hybridized carbons (Fsp3) is 0.474. The van der Waals surface area contributed by atoms with Crippen molar-refractivity contribution in [2.45, 2.75) is 47.0 Å². The minimum Gasteiger partial charge on any atom is -0.326 e. The molecular weight excluding hydrogens is 318 g/mol. The van der Waals surface area contributed by atoms with Gasteiger partial charge in [-0.25, -0.2) is 5.43 Å². The van der Waals surface area contributed by atoms with Gasteiger partial charge in [0.25, 0.3) is 5.91 Å². The van der Waals surface area contributed by atoms with Gasteiger partial charge in [-0.05, 0) is 36.1 Å². The quantitative estimate of drug-likeness (QED) is 0.823. The summed E-state index contributed by atoms with van der Waals surface area (Å²) in [7, 11) is 0. The van der Waals surface area contributed by atoms with Crippen LogP contribution in [0.3, 0.4) is 0 Å². The molecule has 0 spiro atoms. The van der Waals surface area contributed by atoms with Gasteiger partial charge in [-0.2, -0.15) is 5.10 Å². The van der Waals surface area contributed by atoms with Crippen LogP contribution in [-0.4, -0.2) is 23.3 Å². The molecule has 0 aliphatic heterocycles. The van der Waals surface area contributed by atoms with Crippen molar-refractivity contribution in [3.63, 3.8) is 0 Å². The number of carbonyl (C=O) groups is 3. The van der Waals surface area contributed by atoms with Crippen LogP contribution in [0.4, 0.5) is 5.69 Å². The van der Waals surface area contributed by atoms with Crippen LogP contribution in [0.1, 0.15) is 57.3 Å². The average Bonchev–Trinajstić information content (AvgIpc) is 2.51. The van der Waals surface area contributed by atoms with Crippen LogP contribution in [0.25, 0.3) is 0 Å². The molecule has 1 aliphatic rings. The van der Waals surface area contributed by atoms with Crippen LogP contribution in [0, 0.1) is 11.3 Å². The fourth-order valence-corrected chi connectivity index (χ4v) is 2.77. The number of amides is 2. The Balaban J connectivity index is 1.98. The summed E-state index contributed by atoms with van der Waals surface area (Å²) in [5, 5.41) is 6.90. The van der Waals surface area contributed by atoms with Crippen molar-refractivity contribution in [1.82, 2.24) is 5.43 Å². The lowest BCUT2D eigenvalue weighted by molar-refractivity contribution is -0.120. The number of hydrazone groups is 1. The number of anilines is 1. The first-order valence-electron chi connectivity index (χ1n) is 8.45. The molecular formula is C19H25N3O3. The van der Waals surface area contributed by atoms with E-state index in [-0.39, 0.29) is 28.9 Å². The zero-order valence-corrected chi connectivity index (χ0v) is 15.2. The van der Waals surface area contributed by atoms with Crippen LogP contribution >= 0.6 is 0 Å². The Kier molecular flexibility index (Phi) is 5.72. The second-order valence-electron chi connectivity index (χ2n) is 7.57. The Morgan fingerprint density at radius 1 is 1.12 bits per heavy atom. The number of ketones is 1. The van der Waals surface area contributed by atoms with Crippen molar-refractivity contribution >= 4 is 29.0 Å². The number of nitrogens with zero attached hydrogens (tertiary/aromatic N) is 1. The molecule has 1 fully saturated rings. The molecule has 1 aromatic rings. The number of hydrogen-bond donors (Lipinski definition) is 2. The molecule has 6 heteroatoms. The van der Waals surface area contributed by atoms with Crippen molar-refractivity contribution in [1.29, 1.82) is 0 Å². The predicted molar refractivity (Wildman–Crippen MR) is 97.4 cm³/mol. The van der Waals surface area contributed by atoms with Crippen LogP contribution in [0.2, 0.25) is 0 Å². The highest BCUT2D eigenvalue weighted by molar-refractivity contribution is 6.05. The number of benzene rings is 1. The SMILES string of the molecule is CC(C)C(=O)Nc1ccc(C(=O)NN=C2CC(=O)CC(C)(C)C2)cc1. The molecule has 2 rings (SSSR count). The number of nitrogens with one attached hydrogen (secondary N) is 2. The van der Waals surface area contributed by atoms with E-state index < -0.39 is 0 Å². The lowest BCUT2D eigenvalue weighted by atomic mass is 9.76. The van der Waals surface area contributed by atoms with E-state index in [1.54, 1.807) is 24.3 Å². The number of carbonyl (C=O) groups excluding carboxylic acids is 3. The van der Waals surface area contributed by atoms with Gasteiger partial charge in [0.2, 0.25) is 5.91 Å². The Morgan fingerprint density at radius 3 is 2.32 bits per heavy atom. The van der Waals surface area contributed by atoms with Crippen molar-refractivity contribution < 1.29 is 14.4 Å². The molecule has 1 aromatic carbocycles. The Morgan fingerprint density at radius 2 is 1.76 bits per heavy atom. The molecule has 134 valence electrons. The third-order valence-corrected chi connectivity index (χ3v) is 4.01. The second kappa shape index (κ2) is 7.59. The monoisotopic (exact) mass is 343 g/mol. The number of rotatable bonds is 4. The van der Waals surface area contributed by atoms with E-state index >= 15 is 0 Å². The smallest absolute Gasteiger partial charge is 0.271 e. The maximum absolute atomic E-state index is 12.2. The van der Waals surface area contributed by atoms with Crippen molar-refractivity contribution in [3.05, 3.63) is 29.8 Å². The molecule has 0 heterocycles. The van der Waals surface area contributed by atoms with Gasteiger partial charge >= 0.3 is 0 Å². The van der Waals surface area contributed by atoms with Crippen LogP contribution in [0.5, 0.6) is 0 Å². The molecule has 0 radical (unpaired) electrons. The minimum absolute atomic E-state index is 0.0758. The highest BCUT2D eigenvalue weighted by Crippen LogP contribution is 2.31. The van der Waals surface area contributed by atoms with Gasteiger partial charge < -0.3 is 5.32 Å². The van der Waals surface area contributed by atoms with E-state index in [1.807, 2.05) is 27.7 Å². The van der Waals surface area contributed by atoms with Gasteiger partial charge in [-0.3, -0.25) is 14.4 Å². The minimum atomic E-state index is -0.343. The number of Topliss-reactive ketones (excluding diaryl/α,β-unsaturated/α-hetero) is 1. The van der Waals surface area contributed by atoms with E-state index in [4.69, 9.17) is 0 Å². The zero-order chi connectivity index (χ0) is 18.6. The molecule has 0 bridgehead atoms. The molecule has 2 N–H and O–H groups in total. The van der Waals surface area contributed by atoms with E-state index in [2.05, 4.69) is 15.8 Å². The largest absolute Gasteiger partial charge is 0.326 e. The first-order chi connectivity index (χ1) is 11.7. The van der Waals surface area contributed by atoms with Gasteiger partial charge in [-0.15, -0.1) is 0 Å². The number of hydrogen-bond acceptors (Lipinski definition) is 4. The predicted octanol–water partition coefficient (Wildman–Crippen LogP) is 3.15. The summed E-state index contributed by atoms with van der Waals surface area (Å²) >= 11 is 0. The molecule has 1 aliphatic carbocycles. The molecule has 0 unspecified atom stereocenters. The van der Waals surface area contributed by atoms with Crippen LogP contribution < -0.4 is 10.7 Å². The third-order valence-electron chi connectivity index (χ3n) is 4.01. The summed E-state index contributed by atoms with van der Waals surface area (Å²) < 4.78 is 0. The van der Waals surface area contributed by atoms with Gasteiger partial charge in [0.05, 0.1) is 0 Å². The Hall–Kier alpha value is -2.50. The van der Waals surface area contributed by atoms with Crippen LogP contribution in [0.15, 0.2) is 29.4 Å². The summed E-state index contributed by atoms with van der Waals surface area (Å²) in [5.41, 5.74) is 4.18. The summed E-state index contributed by atoms with van der Waals surface area (Å²) in [4.78, 5) is 35.6. The summed E-state index contributed by atoms with van der Waals surface area (Å²) in [6.45, 7) is 7.67. The van der Waals surface area contributed by atoms with E-state index in [9.17, 15) is 14.4 Å². The highest BCUT2D eigenvalue weighted by atomic mass is 16.2. The molecule has 6 nitrogen and oxygen atoms in total. The maximum atomic E-state index is 12.2.